The molecule has 0 heterocycles. The van der Waals surface area contributed by atoms with Crippen molar-refractivity contribution in [3.63, 3.8) is 0 Å². The fourth-order valence-electron chi connectivity index (χ4n) is 1.20. The molecule has 8 nitrogen and oxygen atoms in total. The second-order valence-corrected chi connectivity index (χ2v) is 8.12. The van der Waals surface area contributed by atoms with Gasteiger partial charge in [0.05, 0.1) is 0 Å². The summed E-state index contributed by atoms with van der Waals surface area (Å²) in [6, 6.07) is 0. The summed E-state index contributed by atoms with van der Waals surface area (Å²) in [7, 11) is 0. The van der Waals surface area contributed by atoms with E-state index >= 15 is 0 Å². The van der Waals surface area contributed by atoms with Crippen LogP contribution in [0.3, 0.4) is 0 Å². The van der Waals surface area contributed by atoms with E-state index in [1.54, 1.807) is 27.7 Å². The van der Waals surface area contributed by atoms with Gasteiger partial charge in [-0.2, -0.15) is 0 Å². The Morgan fingerprint density at radius 1 is 0.783 bits per heavy atom. The molecule has 0 fully saturated rings. The van der Waals surface area contributed by atoms with Gasteiger partial charge >= 0.3 is 142 Å². The molecule has 136 valence electrons. The van der Waals surface area contributed by atoms with Gasteiger partial charge < -0.3 is 0 Å². The van der Waals surface area contributed by atoms with Crippen LogP contribution in [0.2, 0.25) is 0 Å². The Balaban J connectivity index is 5.21. The summed E-state index contributed by atoms with van der Waals surface area (Å²) in [5.41, 5.74) is 0. The van der Waals surface area contributed by atoms with Gasteiger partial charge in [-0.1, -0.05) is 0 Å². The molecule has 0 radical (unpaired) electrons. The molecular weight excluding hydrogens is 344 g/mol. The Labute approximate surface area is 142 Å². The van der Waals surface area contributed by atoms with E-state index in [-0.39, 0.29) is 25.0 Å². The van der Waals surface area contributed by atoms with Crippen molar-refractivity contribution in [2.75, 3.05) is 0 Å². The van der Waals surface area contributed by atoms with Crippen molar-refractivity contribution in [2.24, 2.45) is 0 Å². The first kappa shape index (κ1) is 22.5. The second-order valence-electron chi connectivity index (χ2n) is 5.40. The molecule has 0 N–H and O–H groups in total. The van der Waals surface area contributed by atoms with Crippen LogP contribution >= 0.6 is 0 Å². The van der Waals surface area contributed by atoms with Gasteiger partial charge in [-0.3, -0.25) is 0 Å². The molecule has 0 saturated carbocycles. The van der Waals surface area contributed by atoms with Crippen molar-refractivity contribution < 1.29 is 51.1 Å². The molecule has 0 aliphatic carbocycles. The molecule has 0 bridgehead atoms. The fourth-order valence-corrected chi connectivity index (χ4v) is 3.68. The molecule has 0 aromatic heterocycles. The standard InChI is InChI=1S/2C4H8O2.2C3H8O2.Ti/c2*1-2-3-4(5)6;2*1-3(2)5-4;/h2*2-3H2,1H3,(H,5,6);2*3-4H,1-2H3;/q;;;;+4/p-4. The van der Waals surface area contributed by atoms with E-state index in [2.05, 4.69) is 0 Å². The molecule has 9 heteroatoms. The molecule has 0 rings (SSSR count). The van der Waals surface area contributed by atoms with Gasteiger partial charge in [0.15, 0.2) is 0 Å². The topological polar surface area (TPSA) is 89.5 Å². The molecule has 0 atom stereocenters. The van der Waals surface area contributed by atoms with Crippen LogP contribution in [0.25, 0.3) is 0 Å². The average Bonchev–Trinajstić information content (AvgIpc) is 2.43. The number of rotatable bonds is 12. The first-order chi connectivity index (χ1) is 10.7. The van der Waals surface area contributed by atoms with E-state index in [0.717, 1.165) is 0 Å². The molecule has 0 unspecified atom stereocenters. The van der Waals surface area contributed by atoms with Crippen molar-refractivity contribution in [1.29, 1.82) is 0 Å². The first-order valence-corrected chi connectivity index (χ1v) is 10.4. The predicted molar refractivity (Wildman–Crippen MR) is 76.6 cm³/mol. The predicted octanol–water partition coefficient (Wildman–Crippen LogP) is 3.20. The molecule has 0 spiro atoms. The summed E-state index contributed by atoms with van der Waals surface area (Å²) >= 11 is -4.87. The third-order valence-corrected chi connectivity index (χ3v) is 4.50. The van der Waals surface area contributed by atoms with Gasteiger partial charge in [-0.05, 0) is 0 Å². The molecule has 0 aromatic rings. The Hall–Kier alpha value is -0.506. The van der Waals surface area contributed by atoms with Gasteiger partial charge in [-0.25, -0.2) is 0 Å². The molecule has 0 aliphatic heterocycles. The molecule has 0 amide bonds. The fraction of sp³-hybridized carbons (Fsp3) is 0.857. The molecule has 0 aromatic carbocycles. The van der Waals surface area contributed by atoms with Crippen molar-refractivity contribution in [1.82, 2.24) is 0 Å². The van der Waals surface area contributed by atoms with Crippen LogP contribution in [-0.2, 0) is 51.1 Å². The van der Waals surface area contributed by atoms with E-state index < -0.39 is 30.1 Å². The average molecular weight is 372 g/mol. The first-order valence-electron chi connectivity index (χ1n) is 7.87. The van der Waals surface area contributed by atoms with E-state index in [4.69, 9.17) is 23.4 Å². The summed E-state index contributed by atoms with van der Waals surface area (Å²) in [6.45, 7) is 10.5. The van der Waals surface area contributed by atoms with Gasteiger partial charge in [0.2, 0.25) is 0 Å². The van der Waals surface area contributed by atoms with Gasteiger partial charge in [0, 0.05) is 0 Å². The maximum atomic E-state index is 11.8. The number of hydrogen-bond acceptors (Lipinski definition) is 8. The quantitative estimate of drug-likeness (QED) is 0.293. The molecule has 0 saturated heterocycles. The zero-order valence-electron chi connectivity index (χ0n) is 14.7. The van der Waals surface area contributed by atoms with Crippen LogP contribution in [0.5, 0.6) is 0 Å². The SMILES string of the molecule is CCCC(=O)[O][Ti]([O]OC(C)C)([O]OC(C)C)[O]C(=O)CCC. The normalized spacial score (nSPS) is 11.8. The van der Waals surface area contributed by atoms with Crippen molar-refractivity contribution >= 4 is 11.9 Å². The van der Waals surface area contributed by atoms with Gasteiger partial charge in [-0.15, -0.1) is 0 Å². The van der Waals surface area contributed by atoms with Crippen LogP contribution in [0.15, 0.2) is 0 Å². The Morgan fingerprint density at radius 3 is 1.39 bits per heavy atom. The van der Waals surface area contributed by atoms with E-state index in [0.29, 0.717) is 12.8 Å². The van der Waals surface area contributed by atoms with E-state index in [9.17, 15) is 9.59 Å². The van der Waals surface area contributed by atoms with Gasteiger partial charge in [0.1, 0.15) is 0 Å². The minimum absolute atomic E-state index is 0.133. The maximum absolute atomic E-state index is 11.8. The number of carbonyl (C=O) groups is 2. The third kappa shape index (κ3) is 10.8. The summed E-state index contributed by atoms with van der Waals surface area (Å²) in [4.78, 5) is 33.7. The summed E-state index contributed by atoms with van der Waals surface area (Å²) in [5, 5.41) is 0. The number of carbonyl (C=O) groups excluding carboxylic acids is 2. The van der Waals surface area contributed by atoms with Crippen LogP contribution in [0.1, 0.15) is 67.2 Å². The monoisotopic (exact) mass is 372 g/mol. The van der Waals surface area contributed by atoms with E-state index in [1.807, 2.05) is 13.8 Å². The van der Waals surface area contributed by atoms with Crippen LogP contribution < -0.4 is 0 Å². The zero-order valence-corrected chi connectivity index (χ0v) is 16.3. The Morgan fingerprint density at radius 2 is 1.13 bits per heavy atom. The van der Waals surface area contributed by atoms with Crippen LogP contribution in [0, 0.1) is 0 Å². The summed E-state index contributed by atoms with van der Waals surface area (Å²) in [5.74, 6) is -1.20. The third-order valence-electron chi connectivity index (χ3n) is 2.07. The van der Waals surface area contributed by atoms with Crippen molar-refractivity contribution in [2.45, 2.75) is 79.4 Å². The molecule has 0 aliphatic rings. The van der Waals surface area contributed by atoms with Crippen LogP contribution in [0.4, 0.5) is 0 Å². The number of hydrogen-bond donors (Lipinski definition) is 0. The van der Waals surface area contributed by atoms with E-state index in [1.165, 1.54) is 0 Å². The van der Waals surface area contributed by atoms with Gasteiger partial charge in [0.25, 0.3) is 0 Å². The summed E-state index contributed by atoms with van der Waals surface area (Å²) in [6.07, 6.45) is 0.699. The molecular formula is C14H28O8Ti. The zero-order chi connectivity index (χ0) is 17.9. The Kier molecular flexibility index (Phi) is 11.7. The Bertz CT molecular complexity index is 325. The summed E-state index contributed by atoms with van der Waals surface area (Å²) < 4.78 is 20.7. The van der Waals surface area contributed by atoms with Crippen LogP contribution in [-0.4, -0.2) is 24.1 Å². The van der Waals surface area contributed by atoms with Crippen molar-refractivity contribution in [3.05, 3.63) is 0 Å². The second kappa shape index (κ2) is 11.9. The molecule has 23 heavy (non-hydrogen) atoms. The minimum atomic E-state index is -4.87. The van der Waals surface area contributed by atoms with Crippen molar-refractivity contribution in [3.8, 4) is 0 Å².